The van der Waals surface area contributed by atoms with Crippen LogP contribution in [0.4, 0.5) is 0 Å². The summed E-state index contributed by atoms with van der Waals surface area (Å²) in [7, 11) is 5.68. The number of hydrogen-bond donors (Lipinski definition) is 3. The van der Waals surface area contributed by atoms with Crippen molar-refractivity contribution in [3.63, 3.8) is 0 Å². The molecule has 9 nitrogen and oxygen atoms in total. The van der Waals surface area contributed by atoms with E-state index >= 15 is 0 Å². The van der Waals surface area contributed by atoms with Gasteiger partial charge in [-0.3, -0.25) is 9.59 Å². The van der Waals surface area contributed by atoms with E-state index < -0.39 is 30.1 Å². The quantitative estimate of drug-likeness (QED) is 0.315. The zero-order valence-corrected chi connectivity index (χ0v) is 16.7. The third-order valence-corrected chi connectivity index (χ3v) is 2.51. The average molecular weight is 408 g/mol. The normalized spacial score (nSPS) is 12.2. The van der Waals surface area contributed by atoms with Crippen LogP contribution in [0.15, 0.2) is 0 Å². The zero-order chi connectivity index (χ0) is 18.6. The maximum atomic E-state index is 10.7. The summed E-state index contributed by atoms with van der Waals surface area (Å²) in [6.45, 7) is 2.21. The molecular weight excluding hydrogens is 377 g/mol. The average Bonchev–Trinajstić information content (AvgIpc) is 2.32. The lowest BCUT2D eigenvalue weighted by Gasteiger charge is -2.28. The number of nitrogens with zero attached hydrogens (tertiary/aromatic N) is 1. The molecule has 25 heavy (non-hydrogen) atoms. The van der Waals surface area contributed by atoms with Crippen molar-refractivity contribution in [3.05, 3.63) is 0 Å². The molecule has 0 unspecified atom stereocenters. The van der Waals surface area contributed by atoms with Crippen molar-refractivity contribution in [1.82, 2.24) is 0 Å². The number of ether oxygens (including phenoxy) is 1. The molecule has 152 valence electrons. The third kappa shape index (κ3) is 25.2. The molecule has 0 aliphatic rings. The number of nitrogens with two attached hydrogens (primary N) is 2. The van der Waals surface area contributed by atoms with Gasteiger partial charge in [0.1, 0.15) is 12.6 Å². The number of carboxylic acid groups (broad SMARTS) is 2. The van der Waals surface area contributed by atoms with Crippen LogP contribution in [0.2, 0.25) is 0 Å². The Kier molecular flexibility index (Phi) is 20.7. The van der Waals surface area contributed by atoms with Gasteiger partial charge in [0.15, 0.2) is 6.10 Å². The monoisotopic (exact) mass is 407 g/mol. The summed E-state index contributed by atoms with van der Waals surface area (Å²) in [6.07, 6.45) is 0.270. The Morgan fingerprint density at radius 2 is 1.68 bits per heavy atom. The van der Waals surface area contributed by atoms with E-state index in [1.54, 1.807) is 0 Å². The molecule has 0 saturated heterocycles. The van der Waals surface area contributed by atoms with Crippen molar-refractivity contribution in [2.45, 2.75) is 38.3 Å². The lowest BCUT2D eigenvalue weighted by Crippen LogP contribution is -2.45. The Hall–Kier alpha value is -1.13. The van der Waals surface area contributed by atoms with Gasteiger partial charge in [-0.05, 0) is 19.4 Å². The van der Waals surface area contributed by atoms with Gasteiger partial charge in [0.2, 0.25) is 0 Å². The second kappa shape index (κ2) is 16.3. The molecule has 0 saturated carbocycles. The first-order valence-electron chi connectivity index (χ1n) is 7.25. The zero-order valence-electron chi connectivity index (χ0n) is 15.1. The standard InChI is InChI=1S/C9H17NO4.C5H12N2O2.2ClH/c1-7(11)14-8(5-9(12)13)6-10(2,3)4;6-3-1-2-4(7)5(8)9;;/h8H,5-6H2,1-4H3;4H,1-3,6-7H2,(H,8,9);2*1H/t8-;4-;;/m10../s1. The Labute approximate surface area is 161 Å². The van der Waals surface area contributed by atoms with Crippen molar-refractivity contribution >= 4 is 42.7 Å². The molecular formula is C14H31Cl2N3O6. The summed E-state index contributed by atoms with van der Waals surface area (Å²) < 4.78 is 5.39. The van der Waals surface area contributed by atoms with Crippen LogP contribution in [-0.4, -0.2) is 73.9 Å². The smallest absolute Gasteiger partial charge is 0.320 e. The second-order valence-electron chi connectivity index (χ2n) is 6.16. The van der Waals surface area contributed by atoms with Crippen molar-refractivity contribution in [3.8, 4) is 0 Å². The number of likely N-dealkylation sites (N-methyl/N-ethyl adjacent to an activating group) is 1. The topological polar surface area (TPSA) is 156 Å². The fourth-order valence-corrected chi connectivity index (χ4v) is 1.64. The van der Waals surface area contributed by atoms with E-state index in [1.807, 2.05) is 21.1 Å². The third-order valence-electron chi connectivity index (χ3n) is 2.51. The van der Waals surface area contributed by atoms with Gasteiger partial charge < -0.3 is 35.7 Å². The Balaban J connectivity index is -0.000000177. The number of esters is 1. The Morgan fingerprint density at radius 3 is 1.96 bits per heavy atom. The number of rotatable bonds is 9. The largest absolute Gasteiger partial charge is 0.550 e. The Morgan fingerprint density at radius 1 is 1.20 bits per heavy atom. The second-order valence-corrected chi connectivity index (χ2v) is 6.16. The number of carbonyl (C=O) groups excluding carboxylic acids is 2. The summed E-state index contributed by atoms with van der Waals surface area (Å²) in [5.74, 6) is -2.63. The van der Waals surface area contributed by atoms with E-state index in [9.17, 15) is 19.5 Å². The van der Waals surface area contributed by atoms with Crippen LogP contribution in [0.3, 0.4) is 0 Å². The van der Waals surface area contributed by atoms with Crippen LogP contribution in [0.1, 0.15) is 26.2 Å². The van der Waals surface area contributed by atoms with Crippen molar-refractivity contribution in [1.29, 1.82) is 0 Å². The van der Waals surface area contributed by atoms with Crippen LogP contribution in [-0.2, 0) is 19.1 Å². The van der Waals surface area contributed by atoms with E-state index in [4.69, 9.17) is 21.3 Å². The maximum Gasteiger partial charge on any atom is 0.320 e. The molecule has 0 amide bonds. The van der Waals surface area contributed by atoms with Crippen molar-refractivity contribution < 1.29 is 33.8 Å². The lowest BCUT2D eigenvalue weighted by atomic mass is 10.2. The minimum atomic E-state index is -1.20. The first-order valence-corrected chi connectivity index (χ1v) is 7.25. The molecule has 0 aromatic carbocycles. The van der Waals surface area contributed by atoms with Gasteiger partial charge in [0.05, 0.1) is 21.1 Å². The maximum absolute atomic E-state index is 10.7. The summed E-state index contributed by atoms with van der Waals surface area (Å²) in [4.78, 5) is 31.1. The van der Waals surface area contributed by atoms with E-state index in [1.165, 1.54) is 6.92 Å². The van der Waals surface area contributed by atoms with Gasteiger partial charge >= 0.3 is 11.9 Å². The van der Waals surface area contributed by atoms with Crippen LogP contribution in [0, 0.1) is 0 Å². The molecule has 0 aromatic rings. The number of hydrogen-bond acceptors (Lipinski definition) is 7. The highest BCUT2D eigenvalue weighted by Crippen LogP contribution is 2.04. The molecule has 0 heterocycles. The summed E-state index contributed by atoms with van der Waals surface area (Å²) in [6, 6.07) is -0.742. The molecule has 0 rings (SSSR count). The van der Waals surface area contributed by atoms with Gasteiger partial charge in [-0.2, -0.15) is 0 Å². The first-order chi connectivity index (χ1) is 10.4. The lowest BCUT2D eigenvalue weighted by molar-refractivity contribution is -0.873. The van der Waals surface area contributed by atoms with Gasteiger partial charge in [-0.15, -0.1) is 24.8 Å². The van der Waals surface area contributed by atoms with Gasteiger partial charge in [-0.25, -0.2) is 0 Å². The molecule has 5 N–H and O–H groups in total. The van der Waals surface area contributed by atoms with E-state index in [0.717, 1.165) is 0 Å². The molecule has 11 heteroatoms. The number of aliphatic carboxylic acids is 2. The van der Waals surface area contributed by atoms with Crippen LogP contribution >= 0.6 is 24.8 Å². The highest BCUT2D eigenvalue weighted by molar-refractivity contribution is 5.85. The van der Waals surface area contributed by atoms with Crippen molar-refractivity contribution in [2.75, 3.05) is 34.2 Å². The summed E-state index contributed by atoms with van der Waals surface area (Å²) in [5, 5.41) is 18.6. The fourth-order valence-electron chi connectivity index (χ4n) is 1.64. The first kappa shape index (κ1) is 31.6. The molecule has 0 bridgehead atoms. The SMILES string of the molecule is CC(=O)O[C@H](CC(=O)[O-])C[N+](C)(C)C.Cl.Cl.NCCC[C@H](N)C(=O)O. The fraction of sp³-hybridized carbons (Fsp3) is 0.786. The van der Waals surface area contributed by atoms with E-state index in [-0.39, 0.29) is 31.2 Å². The molecule has 0 aliphatic heterocycles. The van der Waals surface area contributed by atoms with Crippen LogP contribution in [0.5, 0.6) is 0 Å². The minimum Gasteiger partial charge on any atom is -0.550 e. The number of halogens is 2. The van der Waals surface area contributed by atoms with Crippen LogP contribution < -0.4 is 16.6 Å². The number of carboxylic acids is 2. The molecule has 0 aromatic heterocycles. The molecule has 0 fully saturated rings. The van der Waals surface area contributed by atoms with E-state index in [0.29, 0.717) is 30.4 Å². The van der Waals surface area contributed by atoms with Gasteiger partial charge in [0.25, 0.3) is 0 Å². The highest BCUT2D eigenvalue weighted by Gasteiger charge is 2.20. The molecule has 0 aliphatic carbocycles. The predicted octanol–water partition coefficient (Wildman–Crippen LogP) is -1.25. The molecule has 2 atom stereocenters. The van der Waals surface area contributed by atoms with Crippen molar-refractivity contribution in [2.24, 2.45) is 11.5 Å². The molecule has 0 radical (unpaired) electrons. The van der Waals surface area contributed by atoms with Gasteiger partial charge in [0, 0.05) is 19.3 Å². The molecule has 0 spiro atoms. The van der Waals surface area contributed by atoms with Gasteiger partial charge in [-0.1, -0.05) is 0 Å². The highest BCUT2D eigenvalue weighted by atomic mass is 35.5. The predicted molar refractivity (Wildman–Crippen MR) is 96.5 cm³/mol. The summed E-state index contributed by atoms with van der Waals surface area (Å²) in [5.41, 5.74) is 10.3. The van der Waals surface area contributed by atoms with Crippen LogP contribution in [0.25, 0.3) is 0 Å². The number of quaternary nitrogens is 1. The summed E-state index contributed by atoms with van der Waals surface area (Å²) >= 11 is 0. The van der Waals surface area contributed by atoms with E-state index in [2.05, 4.69) is 0 Å². The number of carbonyl (C=O) groups is 3. The minimum absolute atomic E-state index is 0. The Bertz CT molecular complexity index is 375.